The number of nitrogens with one attached hydrogen (secondary N) is 1. The van der Waals surface area contributed by atoms with Gasteiger partial charge in [-0.15, -0.1) is 11.8 Å². The van der Waals surface area contributed by atoms with Gasteiger partial charge >= 0.3 is 0 Å². The quantitative estimate of drug-likeness (QED) is 0.802. The number of aromatic nitrogens is 2. The molecule has 7 nitrogen and oxygen atoms in total. The Bertz CT molecular complexity index is 792. The van der Waals surface area contributed by atoms with E-state index < -0.39 is 0 Å². The van der Waals surface area contributed by atoms with Gasteiger partial charge in [0.1, 0.15) is 0 Å². The van der Waals surface area contributed by atoms with Crippen LogP contribution in [0.1, 0.15) is 12.5 Å². The lowest BCUT2D eigenvalue weighted by molar-refractivity contribution is -0.130. The van der Waals surface area contributed by atoms with Crippen molar-refractivity contribution in [3.05, 3.63) is 48.3 Å². The number of hydrogen-bond acceptors (Lipinski definition) is 6. The summed E-state index contributed by atoms with van der Waals surface area (Å²) in [5.41, 5.74) is 1.92. The zero-order chi connectivity index (χ0) is 19.9. The fourth-order valence-corrected chi connectivity index (χ4v) is 3.71. The van der Waals surface area contributed by atoms with Gasteiger partial charge in [0.05, 0.1) is 11.0 Å². The summed E-state index contributed by atoms with van der Waals surface area (Å²) in [6, 6.07) is 9.45. The highest BCUT2D eigenvalue weighted by molar-refractivity contribution is 8.01. The van der Waals surface area contributed by atoms with Gasteiger partial charge < -0.3 is 15.1 Å². The summed E-state index contributed by atoms with van der Waals surface area (Å²) >= 11 is 1.36. The van der Waals surface area contributed by atoms with E-state index in [-0.39, 0.29) is 22.8 Å². The average molecular weight is 400 g/mol. The van der Waals surface area contributed by atoms with Crippen LogP contribution in [0.5, 0.6) is 0 Å². The van der Waals surface area contributed by atoms with Gasteiger partial charge in [-0.2, -0.15) is 0 Å². The maximum Gasteiger partial charge on any atom is 0.235 e. The largest absolute Gasteiger partial charge is 0.338 e. The molecule has 1 N–H and O–H groups in total. The molecule has 3 rings (SSSR count). The molecule has 28 heavy (non-hydrogen) atoms. The van der Waals surface area contributed by atoms with E-state index in [0.717, 1.165) is 11.3 Å². The van der Waals surface area contributed by atoms with Crippen molar-refractivity contribution >= 4 is 35.2 Å². The van der Waals surface area contributed by atoms with Crippen molar-refractivity contribution in [1.29, 1.82) is 0 Å². The Morgan fingerprint density at radius 3 is 2.39 bits per heavy atom. The summed E-state index contributed by atoms with van der Waals surface area (Å²) in [6.45, 7) is 6.55. The number of carbonyl (C=O) groups excluding carboxylic acids is 2. The summed E-state index contributed by atoms with van der Waals surface area (Å²) in [5, 5.41) is 2.60. The maximum absolute atomic E-state index is 12.7. The van der Waals surface area contributed by atoms with Crippen LogP contribution in [-0.4, -0.2) is 63.9 Å². The minimum absolute atomic E-state index is 0.0711. The average Bonchev–Trinajstić information content (AvgIpc) is 2.74. The SMILES string of the molecule is Cc1ccc(NC(=O)CSC(C)C(=O)N2CCN(c3ncccn3)CC2)cc1. The fourth-order valence-electron chi connectivity index (χ4n) is 2.94. The molecule has 1 atom stereocenters. The van der Waals surface area contributed by atoms with Crippen LogP contribution in [0.15, 0.2) is 42.7 Å². The van der Waals surface area contributed by atoms with Crippen molar-refractivity contribution in [3.63, 3.8) is 0 Å². The van der Waals surface area contributed by atoms with Crippen LogP contribution in [0.2, 0.25) is 0 Å². The molecule has 1 fully saturated rings. The lowest BCUT2D eigenvalue weighted by Crippen LogP contribution is -2.51. The first-order chi connectivity index (χ1) is 13.5. The van der Waals surface area contributed by atoms with Crippen LogP contribution >= 0.6 is 11.8 Å². The molecule has 0 saturated carbocycles. The highest BCUT2D eigenvalue weighted by Crippen LogP contribution is 2.17. The first kappa shape index (κ1) is 20.1. The summed E-state index contributed by atoms with van der Waals surface area (Å²) in [5.74, 6) is 0.921. The van der Waals surface area contributed by atoms with Crippen LogP contribution in [0.3, 0.4) is 0 Å². The third-order valence-corrected chi connectivity index (χ3v) is 5.70. The Kier molecular flexibility index (Phi) is 6.86. The molecular formula is C20H25N5O2S. The smallest absolute Gasteiger partial charge is 0.235 e. The second-order valence-corrected chi connectivity index (χ2v) is 8.06. The molecule has 1 aromatic carbocycles. The molecule has 0 spiro atoms. The molecule has 1 aliphatic rings. The summed E-state index contributed by atoms with van der Waals surface area (Å²) in [6.07, 6.45) is 3.44. The number of aryl methyl sites for hydroxylation is 1. The number of hydrogen-bond donors (Lipinski definition) is 1. The second kappa shape index (κ2) is 9.54. The number of thioether (sulfide) groups is 1. The first-order valence-electron chi connectivity index (χ1n) is 9.32. The van der Waals surface area contributed by atoms with Gasteiger partial charge in [-0.25, -0.2) is 9.97 Å². The van der Waals surface area contributed by atoms with Gasteiger partial charge in [-0.05, 0) is 32.0 Å². The molecule has 2 aromatic rings. The van der Waals surface area contributed by atoms with E-state index in [1.54, 1.807) is 18.5 Å². The summed E-state index contributed by atoms with van der Waals surface area (Å²) < 4.78 is 0. The Morgan fingerprint density at radius 1 is 1.11 bits per heavy atom. The highest BCUT2D eigenvalue weighted by Gasteiger charge is 2.26. The molecule has 1 unspecified atom stereocenters. The van der Waals surface area contributed by atoms with Crippen molar-refractivity contribution < 1.29 is 9.59 Å². The summed E-state index contributed by atoms with van der Waals surface area (Å²) in [4.78, 5) is 37.2. The molecule has 0 radical (unpaired) electrons. The Hall–Kier alpha value is -2.61. The van der Waals surface area contributed by atoms with E-state index >= 15 is 0 Å². The molecule has 148 valence electrons. The van der Waals surface area contributed by atoms with E-state index in [9.17, 15) is 9.59 Å². The molecule has 0 bridgehead atoms. The van der Waals surface area contributed by atoms with Crippen LogP contribution in [0, 0.1) is 6.92 Å². The minimum Gasteiger partial charge on any atom is -0.338 e. The Labute approximate surface area is 169 Å². The van der Waals surface area contributed by atoms with Crippen molar-refractivity contribution in [2.75, 3.05) is 42.1 Å². The van der Waals surface area contributed by atoms with E-state index in [0.29, 0.717) is 32.1 Å². The predicted molar refractivity (Wildman–Crippen MR) is 113 cm³/mol. The monoisotopic (exact) mass is 399 g/mol. The number of piperazine rings is 1. The normalized spacial score (nSPS) is 15.2. The molecule has 0 aliphatic carbocycles. The molecule has 2 heterocycles. The molecule has 8 heteroatoms. The van der Waals surface area contributed by atoms with E-state index in [1.165, 1.54) is 11.8 Å². The second-order valence-electron chi connectivity index (χ2n) is 6.73. The summed E-state index contributed by atoms with van der Waals surface area (Å²) in [7, 11) is 0. The number of carbonyl (C=O) groups is 2. The van der Waals surface area contributed by atoms with E-state index in [4.69, 9.17) is 0 Å². The van der Waals surface area contributed by atoms with E-state index in [1.807, 2.05) is 43.0 Å². The topological polar surface area (TPSA) is 78.4 Å². The van der Waals surface area contributed by atoms with Crippen LogP contribution < -0.4 is 10.2 Å². The van der Waals surface area contributed by atoms with Crippen molar-refractivity contribution in [2.24, 2.45) is 0 Å². The van der Waals surface area contributed by atoms with Gasteiger partial charge in [0.25, 0.3) is 0 Å². The number of nitrogens with zero attached hydrogens (tertiary/aromatic N) is 4. The van der Waals surface area contributed by atoms with Gasteiger partial charge in [-0.1, -0.05) is 17.7 Å². The van der Waals surface area contributed by atoms with Crippen molar-refractivity contribution in [1.82, 2.24) is 14.9 Å². The zero-order valence-electron chi connectivity index (χ0n) is 16.2. The van der Waals surface area contributed by atoms with Gasteiger partial charge in [-0.3, -0.25) is 9.59 Å². The van der Waals surface area contributed by atoms with Crippen LogP contribution in [-0.2, 0) is 9.59 Å². The standard InChI is InChI=1S/C20H25N5O2S/c1-15-4-6-17(7-5-15)23-18(26)14-28-16(2)19(27)24-10-12-25(13-11-24)20-21-8-3-9-22-20/h3-9,16H,10-14H2,1-2H3,(H,23,26). The first-order valence-corrected chi connectivity index (χ1v) is 10.4. The lowest BCUT2D eigenvalue weighted by Gasteiger charge is -2.35. The Morgan fingerprint density at radius 2 is 1.75 bits per heavy atom. The van der Waals surface area contributed by atoms with Gasteiger partial charge in [0, 0.05) is 44.3 Å². The zero-order valence-corrected chi connectivity index (χ0v) is 17.0. The third kappa shape index (κ3) is 5.45. The third-order valence-electron chi connectivity index (χ3n) is 4.57. The van der Waals surface area contributed by atoms with Crippen LogP contribution in [0.25, 0.3) is 0 Å². The number of anilines is 2. The van der Waals surface area contributed by atoms with E-state index in [2.05, 4.69) is 20.2 Å². The number of amides is 2. The number of rotatable bonds is 6. The lowest BCUT2D eigenvalue weighted by atomic mass is 10.2. The highest BCUT2D eigenvalue weighted by atomic mass is 32.2. The molecule has 1 aliphatic heterocycles. The predicted octanol–water partition coefficient (Wildman–Crippen LogP) is 2.19. The molecule has 1 aromatic heterocycles. The molecule has 1 saturated heterocycles. The van der Waals surface area contributed by atoms with Crippen molar-refractivity contribution in [2.45, 2.75) is 19.1 Å². The van der Waals surface area contributed by atoms with Crippen LogP contribution in [0.4, 0.5) is 11.6 Å². The Balaban J connectivity index is 1.42. The maximum atomic E-state index is 12.7. The number of benzene rings is 1. The fraction of sp³-hybridized carbons (Fsp3) is 0.400. The van der Waals surface area contributed by atoms with Gasteiger partial charge in [0.2, 0.25) is 17.8 Å². The molecule has 2 amide bonds. The minimum atomic E-state index is -0.261. The molecular weight excluding hydrogens is 374 g/mol. The van der Waals surface area contributed by atoms with Crippen molar-refractivity contribution in [3.8, 4) is 0 Å². The van der Waals surface area contributed by atoms with Gasteiger partial charge in [0.15, 0.2) is 0 Å².